The Morgan fingerprint density at radius 3 is 2.50 bits per heavy atom. The second kappa shape index (κ2) is 5.00. The lowest BCUT2D eigenvalue weighted by molar-refractivity contribution is 0.0728. The van der Waals surface area contributed by atoms with Crippen LogP contribution in [-0.2, 0) is 0 Å². The van der Waals surface area contributed by atoms with Crippen molar-refractivity contribution >= 4 is 5.97 Å². The first-order chi connectivity index (χ1) is 8.58. The van der Waals surface area contributed by atoms with Gasteiger partial charge in [0.05, 0.1) is 5.56 Å². The molecule has 2 nitrogen and oxygen atoms in total. The SMILES string of the molecule is Cc1ccc(OC(=O)c2ccccc2F)c(C)c1. The van der Waals surface area contributed by atoms with E-state index in [1.807, 2.05) is 26.0 Å². The Balaban J connectivity index is 2.24. The number of benzene rings is 2. The summed E-state index contributed by atoms with van der Waals surface area (Å²) in [6, 6.07) is 11.2. The molecule has 0 aliphatic rings. The zero-order chi connectivity index (χ0) is 13.1. The van der Waals surface area contributed by atoms with Gasteiger partial charge in [-0.1, -0.05) is 29.8 Å². The molecule has 0 heterocycles. The Kier molecular flexibility index (Phi) is 3.42. The maximum Gasteiger partial charge on any atom is 0.346 e. The standard InChI is InChI=1S/C15H13FO2/c1-10-7-8-14(11(2)9-10)18-15(17)12-5-3-4-6-13(12)16/h3-9H,1-2H3. The van der Waals surface area contributed by atoms with Crippen molar-refractivity contribution < 1.29 is 13.9 Å². The zero-order valence-corrected chi connectivity index (χ0v) is 10.2. The molecule has 0 aromatic heterocycles. The minimum atomic E-state index is -0.681. The molecule has 0 spiro atoms. The quantitative estimate of drug-likeness (QED) is 0.595. The van der Waals surface area contributed by atoms with Gasteiger partial charge in [0.25, 0.3) is 0 Å². The lowest BCUT2D eigenvalue weighted by atomic mass is 10.1. The highest BCUT2D eigenvalue weighted by molar-refractivity contribution is 5.91. The second-order valence-corrected chi connectivity index (χ2v) is 4.14. The first-order valence-electron chi connectivity index (χ1n) is 5.62. The van der Waals surface area contributed by atoms with Gasteiger partial charge in [0.15, 0.2) is 0 Å². The summed E-state index contributed by atoms with van der Waals surface area (Å²) in [5, 5.41) is 0. The fourth-order valence-corrected chi connectivity index (χ4v) is 1.70. The minimum Gasteiger partial charge on any atom is -0.423 e. The third-order valence-electron chi connectivity index (χ3n) is 2.63. The molecular weight excluding hydrogens is 231 g/mol. The van der Waals surface area contributed by atoms with Crippen LogP contribution in [0, 0.1) is 19.7 Å². The number of carbonyl (C=O) groups is 1. The third-order valence-corrected chi connectivity index (χ3v) is 2.63. The minimum absolute atomic E-state index is 0.0579. The van der Waals surface area contributed by atoms with Gasteiger partial charge < -0.3 is 4.74 Å². The van der Waals surface area contributed by atoms with Crippen LogP contribution in [0.25, 0.3) is 0 Å². The fourth-order valence-electron chi connectivity index (χ4n) is 1.70. The molecule has 0 atom stereocenters. The van der Waals surface area contributed by atoms with Crippen molar-refractivity contribution in [1.82, 2.24) is 0 Å². The molecule has 0 N–H and O–H groups in total. The molecule has 0 saturated carbocycles. The molecule has 0 unspecified atom stereocenters. The van der Waals surface area contributed by atoms with Crippen LogP contribution in [0.2, 0.25) is 0 Å². The second-order valence-electron chi connectivity index (χ2n) is 4.14. The number of esters is 1. The van der Waals surface area contributed by atoms with Crippen LogP contribution in [0.4, 0.5) is 4.39 Å². The summed E-state index contributed by atoms with van der Waals surface area (Å²) in [6.07, 6.45) is 0. The summed E-state index contributed by atoms with van der Waals surface area (Å²) in [5.74, 6) is -0.804. The van der Waals surface area contributed by atoms with Crippen molar-refractivity contribution in [3.63, 3.8) is 0 Å². The first-order valence-corrected chi connectivity index (χ1v) is 5.62. The number of halogens is 1. The monoisotopic (exact) mass is 244 g/mol. The Morgan fingerprint density at radius 1 is 1.11 bits per heavy atom. The molecule has 0 bridgehead atoms. The van der Waals surface area contributed by atoms with Gasteiger partial charge in [-0.05, 0) is 37.6 Å². The number of hydrogen-bond acceptors (Lipinski definition) is 2. The average Bonchev–Trinajstić information content (AvgIpc) is 2.33. The molecule has 3 heteroatoms. The Bertz CT molecular complexity index is 591. The van der Waals surface area contributed by atoms with E-state index in [1.165, 1.54) is 18.2 Å². The normalized spacial score (nSPS) is 10.2. The Labute approximate surface area is 105 Å². The predicted molar refractivity (Wildman–Crippen MR) is 67.3 cm³/mol. The molecule has 18 heavy (non-hydrogen) atoms. The van der Waals surface area contributed by atoms with E-state index in [-0.39, 0.29) is 5.56 Å². The number of ether oxygens (including phenoxy) is 1. The molecule has 0 amide bonds. The average molecular weight is 244 g/mol. The topological polar surface area (TPSA) is 26.3 Å². The largest absolute Gasteiger partial charge is 0.423 e. The van der Waals surface area contributed by atoms with Crippen LogP contribution in [0.3, 0.4) is 0 Å². The summed E-state index contributed by atoms with van der Waals surface area (Å²) in [7, 11) is 0. The highest BCUT2D eigenvalue weighted by atomic mass is 19.1. The van der Waals surface area contributed by atoms with Crippen LogP contribution >= 0.6 is 0 Å². The van der Waals surface area contributed by atoms with Crippen LogP contribution in [0.1, 0.15) is 21.5 Å². The van der Waals surface area contributed by atoms with E-state index < -0.39 is 11.8 Å². The summed E-state index contributed by atoms with van der Waals surface area (Å²) < 4.78 is 18.6. The molecule has 2 aromatic carbocycles. The van der Waals surface area contributed by atoms with Gasteiger partial charge in [-0.15, -0.1) is 0 Å². The first kappa shape index (κ1) is 12.3. The fraction of sp³-hybridized carbons (Fsp3) is 0.133. The molecule has 0 radical (unpaired) electrons. The van der Waals surface area contributed by atoms with Gasteiger partial charge in [-0.2, -0.15) is 0 Å². The maximum absolute atomic E-state index is 13.4. The smallest absolute Gasteiger partial charge is 0.346 e. The van der Waals surface area contributed by atoms with E-state index in [9.17, 15) is 9.18 Å². The van der Waals surface area contributed by atoms with Crippen LogP contribution in [-0.4, -0.2) is 5.97 Å². The van der Waals surface area contributed by atoms with Crippen molar-refractivity contribution in [2.75, 3.05) is 0 Å². The van der Waals surface area contributed by atoms with E-state index in [0.29, 0.717) is 5.75 Å². The number of rotatable bonds is 2. The Morgan fingerprint density at radius 2 is 1.83 bits per heavy atom. The molecule has 2 rings (SSSR count). The van der Waals surface area contributed by atoms with Gasteiger partial charge in [-0.3, -0.25) is 0 Å². The maximum atomic E-state index is 13.4. The number of hydrogen-bond donors (Lipinski definition) is 0. The summed E-state index contributed by atoms with van der Waals surface area (Å²) >= 11 is 0. The lowest BCUT2D eigenvalue weighted by Crippen LogP contribution is -2.11. The van der Waals surface area contributed by atoms with E-state index in [4.69, 9.17) is 4.74 Å². The molecule has 0 saturated heterocycles. The molecule has 0 aliphatic heterocycles. The molecule has 2 aromatic rings. The van der Waals surface area contributed by atoms with Crippen molar-refractivity contribution in [1.29, 1.82) is 0 Å². The van der Waals surface area contributed by atoms with Crippen molar-refractivity contribution in [3.05, 3.63) is 65.0 Å². The van der Waals surface area contributed by atoms with E-state index in [0.717, 1.165) is 11.1 Å². The van der Waals surface area contributed by atoms with Crippen molar-refractivity contribution in [2.24, 2.45) is 0 Å². The summed E-state index contributed by atoms with van der Waals surface area (Å²) in [4.78, 5) is 11.8. The van der Waals surface area contributed by atoms with Crippen LogP contribution in [0.15, 0.2) is 42.5 Å². The van der Waals surface area contributed by atoms with Gasteiger partial charge in [0.1, 0.15) is 11.6 Å². The third kappa shape index (κ3) is 2.56. The van der Waals surface area contributed by atoms with Crippen molar-refractivity contribution in [2.45, 2.75) is 13.8 Å². The highest BCUT2D eigenvalue weighted by Crippen LogP contribution is 2.20. The van der Waals surface area contributed by atoms with Gasteiger partial charge in [0.2, 0.25) is 0 Å². The molecule has 0 aliphatic carbocycles. The van der Waals surface area contributed by atoms with E-state index in [2.05, 4.69) is 0 Å². The molecular formula is C15H13FO2. The Hall–Kier alpha value is -2.16. The van der Waals surface area contributed by atoms with Crippen LogP contribution < -0.4 is 4.74 Å². The number of aryl methyl sites for hydroxylation is 2. The molecule has 92 valence electrons. The highest BCUT2D eigenvalue weighted by Gasteiger charge is 2.14. The van der Waals surface area contributed by atoms with Crippen molar-refractivity contribution in [3.8, 4) is 5.75 Å². The summed E-state index contributed by atoms with van der Waals surface area (Å²) in [5.41, 5.74) is 1.87. The zero-order valence-electron chi connectivity index (χ0n) is 10.2. The predicted octanol–water partition coefficient (Wildman–Crippen LogP) is 3.66. The van der Waals surface area contributed by atoms with Gasteiger partial charge in [-0.25, -0.2) is 9.18 Å². The van der Waals surface area contributed by atoms with Gasteiger partial charge >= 0.3 is 5.97 Å². The molecule has 0 fully saturated rings. The van der Waals surface area contributed by atoms with E-state index in [1.54, 1.807) is 12.1 Å². The number of carbonyl (C=O) groups excluding carboxylic acids is 1. The van der Waals surface area contributed by atoms with E-state index >= 15 is 0 Å². The summed E-state index contributed by atoms with van der Waals surface area (Å²) in [6.45, 7) is 3.80. The lowest BCUT2D eigenvalue weighted by Gasteiger charge is -2.08. The van der Waals surface area contributed by atoms with Gasteiger partial charge in [0, 0.05) is 0 Å². The van der Waals surface area contributed by atoms with Crippen LogP contribution in [0.5, 0.6) is 5.75 Å².